The number of furan rings is 1. The zero-order chi connectivity index (χ0) is 15.0. The number of nitrogens with one attached hydrogen (secondary N) is 1. The summed E-state index contributed by atoms with van der Waals surface area (Å²) in [5.74, 6) is -0.0274. The molecule has 0 aliphatic heterocycles. The molecule has 0 saturated heterocycles. The molecule has 0 radical (unpaired) electrons. The lowest BCUT2D eigenvalue weighted by Gasteiger charge is -2.11. The van der Waals surface area contributed by atoms with Crippen molar-refractivity contribution in [1.29, 1.82) is 0 Å². The molecule has 3 rings (SSSR count). The molecule has 0 fully saturated rings. The molecule has 1 heterocycles. The zero-order valence-electron chi connectivity index (χ0n) is 11.9. The van der Waals surface area contributed by atoms with Crippen molar-refractivity contribution >= 4 is 28.3 Å². The van der Waals surface area contributed by atoms with Crippen molar-refractivity contribution in [3.63, 3.8) is 0 Å². The predicted octanol–water partition coefficient (Wildman–Crippen LogP) is 3.88. The van der Waals surface area contributed by atoms with E-state index in [1.807, 2.05) is 50.2 Å². The van der Waals surface area contributed by atoms with Crippen molar-refractivity contribution in [3.8, 4) is 0 Å². The number of fused-ring (bicyclic) bond motifs is 1. The van der Waals surface area contributed by atoms with Crippen molar-refractivity contribution < 1.29 is 9.21 Å². The Hall–Kier alpha value is -2.75. The molecule has 3 N–H and O–H groups in total. The molecule has 1 amide bonds. The van der Waals surface area contributed by atoms with Crippen LogP contribution in [-0.2, 0) is 0 Å². The van der Waals surface area contributed by atoms with Crippen LogP contribution in [0.2, 0.25) is 0 Å². The number of hydrogen-bond donors (Lipinski definition) is 2. The Bertz CT molecular complexity index is 778. The highest BCUT2D eigenvalue weighted by atomic mass is 16.3. The van der Waals surface area contributed by atoms with E-state index in [0.717, 1.165) is 16.5 Å². The maximum absolute atomic E-state index is 12.3. The van der Waals surface area contributed by atoms with Gasteiger partial charge in [0.15, 0.2) is 5.76 Å². The van der Waals surface area contributed by atoms with Gasteiger partial charge in [0.25, 0.3) is 5.91 Å². The van der Waals surface area contributed by atoms with E-state index in [4.69, 9.17) is 10.2 Å². The van der Waals surface area contributed by atoms with Crippen LogP contribution in [0.5, 0.6) is 0 Å². The SMILES string of the molecule is Cc1cc(C)c(NC(=O)c2cc3ccccc3o2)c(N)c1. The number of nitrogens with two attached hydrogens (primary N) is 1. The van der Waals surface area contributed by atoms with Crippen molar-refractivity contribution in [1.82, 2.24) is 0 Å². The van der Waals surface area contributed by atoms with Crippen molar-refractivity contribution in [2.24, 2.45) is 0 Å². The number of amides is 1. The highest BCUT2D eigenvalue weighted by Gasteiger charge is 2.15. The van der Waals surface area contributed by atoms with Gasteiger partial charge >= 0.3 is 0 Å². The van der Waals surface area contributed by atoms with Crippen LogP contribution in [0.1, 0.15) is 21.7 Å². The topological polar surface area (TPSA) is 68.3 Å². The predicted molar refractivity (Wildman–Crippen MR) is 84.5 cm³/mol. The lowest BCUT2D eigenvalue weighted by Crippen LogP contribution is -2.13. The maximum atomic E-state index is 12.3. The van der Waals surface area contributed by atoms with Crippen molar-refractivity contribution in [2.45, 2.75) is 13.8 Å². The highest BCUT2D eigenvalue weighted by Crippen LogP contribution is 2.26. The smallest absolute Gasteiger partial charge is 0.291 e. The molecule has 0 aliphatic rings. The normalized spacial score (nSPS) is 10.8. The van der Waals surface area contributed by atoms with Crippen LogP contribution in [0.3, 0.4) is 0 Å². The summed E-state index contributed by atoms with van der Waals surface area (Å²) >= 11 is 0. The molecule has 4 heteroatoms. The van der Waals surface area contributed by atoms with Gasteiger partial charge in [0.2, 0.25) is 0 Å². The number of rotatable bonds is 2. The molecule has 1 aromatic heterocycles. The number of benzene rings is 2. The van der Waals surface area contributed by atoms with Gasteiger partial charge in [-0.25, -0.2) is 0 Å². The van der Waals surface area contributed by atoms with Crippen LogP contribution in [0.4, 0.5) is 11.4 Å². The first-order valence-corrected chi connectivity index (χ1v) is 6.71. The first-order valence-electron chi connectivity index (χ1n) is 6.71. The minimum Gasteiger partial charge on any atom is -0.451 e. The largest absolute Gasteiger partial charge is 0.451 e. The number of carbonyl (C=O) groups is 1. The quantitative estimate of drug-likeness (QED) is 0.700. The van der Waals surface area contributed by atoms with E-state index in [9.17, 15) is 4.79 Å². The molecule has 0 unspecified atom stereocenters. The summed E-state index contributed by atoms with van der Waals surface area (Å²) < 4.78 is 5.55. The maximum Gasteiger partial charge on any atom is 0.291 e. The summed E-state index contributed by atoms with van der Waals surface area (Å²) in [5.41, 5.74) is 9.84. The second-order valence-corrected chi connectivity index (χ2v) is 5.15. The number of aryl methyl sites for hydroxylation is 2. The molecule has 21 heavy (non-hydrogen) atoms. The minimum atomic E-state index is -0.301. The lowest BCUT2D eigenvalue weighted by atomic mass is 10.1. The Labute approximate surface area is 122 Å². The monoisotopic (exact) mass is 280 g/mol. The first-order chi connectivity index (χ1) is 10.0. The number of hydrogen-bond acceptors (Lipinski definition) is 3. The third-order valence-corrected chi connectivity index (χ3v) is 3.40. The molecule has 0 spiro atoms. The number of nitrogen functional groups attached to an aromatic ring is 1. The Kier molecular flexibility index (Phi) is 3.14. The second-order valence-electron chi connectivity index (χ2n) is 5.15. The van der Waals surface area contributed by atoms with Gasteiger partial charge in [-0.3, -0.25) is 4.79 Å². The Balaban J connectivity index is 1.93. The van der Waals surface area contributed by atoms with Crippen LogP contribution in [-0.4, -0.2) is 5.91 Å². The Morgan fingerprint density at radius 3 is 2.62 bits per heavy atom. The van der Waals surface area contributed by atoms with E-state index in [2.05, 4.69) is 5.32 Å². The van der Waals surface area contributed by atoms with E-state index < -0.39 is 0 Å². The summed E-state index contributed by atoms with van der Waals surface area (Å²) in [7, 11) is 0. The average molecular weight is 280 g/mol. The van der Waals surface area contributed by atoms with Crippen LogP contribution in [0.15, 0.2) is 46.9 Å². The van der Waals surface area contributed by atoms with Gasteiger partial charge in [0, 0.05) is 5.39 Å². The molecule has 0 bridgehead atoms. The minimum absolute atomic E-state index is 0.274. The summed E-state index contributed by atoms with van der Waals surface area (Å²) in [6.07, 6.45) is 0. The molecular weight excluding hydrogens is 264 g/mol. The van der Waals surface area contributed by atoms with Gasteiger partial charge in [-0.2, -0.15) is 0 Å². The molecule has 0 aliphatic carbocycles. The van der Waals surface area contributed by atoms with Crippen LogP contribution >= 0.6 is 0 Å². The van der Waals surface area contributed by atoms with Gasteiger partial charge in [0.1, 0.15) is 5.58 Å². The van der Waals surface area contributed by atoms with Crippen LogP contribution in [0, 0.1) is 13.8 Å². The molecule has 4 nitrogen and oxygen atoms in total. The Morgan fingerprint density at radius 2 is 1.90 bits per heavy atom. The number of para-hydroxylation sites is 1. The second kappa shape index (κ2) is 4.98. The summed E-state index contributed by atoms with van der Waals surface area (Å²) in [5, 5.41) is 3.72. The van der Waals surface area contributed by atoms with Gasteiger partial charge in [0.05, 0.1) is 11.4 Å². The Morgan fingerprint density at radius 1 is 1.14 bits per heavy atom. The fourth-order valence-electron chi connectivity index (χ4n) is 2.44. The average Bonchev–Trinajstić information content (AvgIpc) is 2.86. The molecule has 3 aromatic rings. The van der Waals surface area contributed by atoms with Gasteiger partial charge in [-0.1, -0.05) is 24.3 Å². The van der Waals surface area contributed by atoms with Crippen LogP contribution < -0.4 is 11.1 Å². The van der Waals surface area contributed by atoms with E-state index >= 15 is 0 Å². The third-order valence-electron chi connectivity index (χ3n) is 3.40. The lowest BCUT2D eigenvalue weighted by molar-refractivity contribution is 0.0998. The summed E-state index contributed by atoms with van der Waals surface area (Å²) in [4.78, 5) is 12.3. The van der Waals surface area contributed by atoms with Gasteiger partial charge < -0.3 is 15.5 Å². The number of carbonyl (C=O) groups excluding carboxylic acids is 1. The summed E-state index contributed by atoms with van der Waals surface area (Å²) in [6.45, 7) is 3.88. The van der Waals surface area contributed by atoms with E-state index in [1.165, 1.54) is 0 Å². The van der Waals surface area contributed by atoms with E-state index in [0.29, 0.717) is 17.0 Å². The van der Waals surface area contributed by atoms with Gasteiger partial charge in [-0.15, -0.1) is 0 Å². The standard InChI is InChI=1S/C17H16N2O2/c1-10-7-11(2)16(13(18)8-10)19-17(20)15-9-12-5-3-4-6-14(12)21-15/h3-9H,18H2,1-2H3,(H,19,20). The molecule has 2 aromatic carbocycles. The molecule has 0 atom stereocenters. The fourth-order valence-corrected chi connectivity index (χ4v) is 2.44. The molecular formula is C17H16N2O2. The van der Waals surface area contributed by atoms with Crippen molar-refractivity contribution in [3.05, 3.63) is 59.4 Å². The molecule has 0 saturated carbocycles. The van der Waals surface area contributed by atoms with E-state index in [-0.39, 0.29) is 11.7 Å². The van der Waals surface area contributed by atoms with Crippen LogP contribution in [0.25, 0.3) is 11.0 Å². The zero-order valence-corrected chi connectivity index (χ0v) is 11.9. The highest BCUT2D eigenvalue weighted by molar-refractivity contribution is 6.06. The van der Waals surface area contributed by atoms with Crippen molar-refractivity contribution in [2.75, 3.05) is 11.1 Å². The number of anilines is 2. The third kappa shape index (κ3) is 2.48. The molecule has 106 valence electrons. The van der Waals surface area contributed by atoms with E-state index in [1.54, 1.807) is 6.07 Å². The summed E-state index contributed by atoms with van der Waals surface area (Å²) in [6, 6.07) is 13.0. The van der Waals surface area contributed by atoms with Gasteiger partial charge in [-0.05, 0) is 43.2 Å². The fraction of sp³-hybridized carbons (Fsp3) is 0.118. The first kappa shape index (κ1) is 13.2.